The van der Waals surface area contributed by atoms with Crippen LogP contribution < -0.4 is 14.5 Å². The van der Waals surface area contributed by atoms with Crippen LogP contribution in [-0.4, -0.2) is 6.10 Å². The van der Waals surface area contributed by atoms with E-state index in [2.05, 4.69) is 287 Å². The van der Waals surface area contributed by atoms with Gasteiger partial charge in [0.1, 0.15) is 11.9 Å². The smallest absolute Gasteiger partial charge is 0.148 e. The summed E-state index contributed by atoms with van der Waals surface area (Å²) in [6.45, 7) is 27.5. The number of nitrogens with zero attached hydrogens (tertiary/aromatic N) is 2. The number of benzene rings is 8. The van der Waals surface area contributed by atoms with Crippen molar-refractivity contribution in [3.63, 3.8) is 0 Å². The van der Waals surface area contributed by atoms with E-state index in [0.717, 1.165) is 39.9 Å². The van der Waals surface area contributed by atoms with Gasteiger partial charge in [-0.1, -0.05) is 204 Å². The second kappa shape index (κ2) is 16.8. The molecule has 1 heterocycles. The van der Waals surface area contributed by atoms with E-state index >= 15 is 0 Å². The van der Waals surface area contributed by atoms with Crippen LogP contribution in [0.5, 0.6) is 5.75 Å². The zero-order chi connectivity index (χ0) is 51.7. The van der Waals surface area contributed by atoms with Gasteiger partial charge in [0.2, 0.25) is 0 Å². The molecule has 3 heteroatoms. The van der Waals surface area contributed by atoms with Crippen LogP contribution >= 0.6 is 0 Å². The molecule has 0 aromatic heterocycles. The molecule has 0 saturated carbocycles. The molecule has 1 spiro atoms. The number of ether oxygens (including phenoxy) is 1. The Balaban J connectivity index is 1.19. The molecule has 1 aliphatic heterocycles. The summed E-state index contributed by atoms with van der Waals surface area (Å²) in [6.07, 6.45) is 8.83. The van der Waals surface area contributed by atoms with Gasteiger partial charge < -0.3 is 14.5 Å². The van der Waals surface area contributed by atoms with E-state index in [-0.39, 0.29) is 33.7 Å². The van der Waals surface area contributed by atoms with Gasteiger partial charge in [0, 0.05) is 45.5 Å². The molecule has 0 amide bonds. The van der Waals surface area contributed by atoms with Crippen molar-refractivity contribution < 1.29 is 4.74 Å². The first-order chi connectivity index (χ1) is 35.2. The van der Waals surface area contributed by atoms with Crippen molar-refractivity contribution in [2.45, 2.75) is 122 Å². The van der Waals surface area contributed by atoms with E-state index in [4.69, 9.17) is 4.74 Å². The Labute approximate surface area is 440 Å². The van der Waals surface area contributed by atoms with Crippen LogP contribution in [0.1, 0.15) is 139 Å². The first kappa shape index (κ1) is 47.6. The fourth-order valence-electron chi connectivity index (χ4n) is 12.4. The lowest BCUT2D eigenvalue weighted by molar-refractivity contribution is 0.270. The van der Waals surface area contributed by atoms with Crippen LogP contribution in [-0.2, 0) is 27.1 Å². The summed E-state index contributed by atoms with van der Waals surface area (Å²) < 4.78 is 7.41. The van der Waals surface area contributed by atoms with Crippen molar-refractivity contribution in [2.75, 3.05) is 9.80 Å². The summed E-state index contributed by atoms with van der Waals surface area (Å²) in [5.41, 5.74) is 22.6. The summed E-state index contributed by atoms with van der Waals surface area (Å²) in [4.78, 5) is 4.99. The molecule has 12 rings (SSSR count). The number of rotatable bonds is 6. The van der Waals surface area contributed by atoms with Gasteiger partial charge in [-0.25, -0.2) is 0 Å². The molecular weight excluding hydrogens is 897 g/mol. The monoisotopic (exact) mass is 967 g/mol. The molecular formula is C71H70N2O. The lowest BCUT2D eigenvalue weighted by atomic mass is 9.69. The van der Waals surface area contributed by atoms with Gasteiger partial charge in [0.15, 0.2) is 0 Å². The van der Waals surface area contributed by atoms with Crippen LogP contribution in [0.4, 0.5) is 34.1 Å². The highest BCUT2D eigenvalue weighted by atomic mass is 16.5. The quantitative estimate of drug-likeness (QED) is 0.165. The molecule has 2 atom stereocenters. The Bertz CT molecular complexity index is 3380. The third kappa shape index (κ3) is 7.52. The molecule has 370 valence electrons. The maximum Gasteiger partial charge on any atom is 0.148 e. The van der Waals surface area contributed by atoms with Gasteiger partial charge in [-0.3, -0.25) is 0 Å². The standard InChI is InChI=1S/C71H70N2O/c1-67(2,3)45-25-33-49(34-26-45)72(50-35-27-46(28-36-50)68(4,5)6)53-41-42-57-61(43-53)71(59-22-16-13-19-54(59)55-20-14-17-23-60(55)71)62-44-58-56-21-15-18-24-63(56)74-66(58)65(64(57)62)73(51-37-29-47(30-38-51)69(7,8)9)52-39-31-48(32-40-52)70(10,11)12/h13-44,56,63H,1-12H3. The van der Waals surface area contributed by atoms with Crippen molar-refractivity contribution in [2.24, 2.45) is 0 Å². The average molecular weight is 967 g/mol. The summed E-state index contributed by atoms with van der Waals surface area (Å²) in [6, 6.07) is 65.4. The molecule has 2 unspecified atom stereocenters. The highest BCUT2D eigenvalue weighted by Crippen LogP contribution is 2.68. The Kier molecular flexibility index (Phi) is 10.8. The molecule has 0 N–H and O–H groups in total. The van der Waals surface area contributed by atoms with Crippen LogP contribution in [0.15, 0.2) is 194 Å². The molecule has 0 radical (unpaired) electrons. The Morgan fingerprint density at radius 3 is 1.23 bits per heavy atom. The largest absolute Gasteiger partial charge is 0.483 e. The predicted molar refractivity (Wildman–Crippen MR) is 312 cm³/mol. The van der Waals surface area contributed by atoms with Crippen LogP contribution in [0, 0.1) is 0 Å². The highest BCUT2D eigenvalue weighted by Gasteiger charge is 2.55. The SMILES string of the molecule is CC(C)(C)c1ccc(N(c2ccc(C(C)(C)C)cc2)c2ccc3c(c2)C2(c4ccccc4-c4ccccc42)c2cc4c(c(N(c5ccc(C(C)(C)C)cc5)c5ccc(C(C)(C)C)cc5)c2-3)OC2C=CC=CC42)cc1. The maximum absolute atomic E-state index is 7.41. The van der Waals surface area contributed by atoms with Crippen LogP contribution in [0.2, 0.25) is 0 Å². The van der Waals surface area contributed by atoms with Gasteiger partial charge in [0.25, 0.3) is 0 Å². The number of fused-ring (bicyclic) bond motifs is 13. The van der Waals surface area contributed by atoms with Gasteiger partial charge in [-0.05, 0) is 156 Å². The summed E-state index contributed by atoms with van der Waals surface area (Å²) in [7, 11) is 0. The van der Waals surface area contributed by atoms with Crippen LogP contribution in [0.3, 0.4) is 0 Å². The Morgan fingerprint density at radius 1 is 0.378 bits per heavy atom. The number of hydrogen-bond donors (Lipinski definition) is 0. The fourth-order valence-corrected chi connectivity index (χ4v) is 12.4. The average Bonchev–Trinajstić information content (AvgIpc) is 4.06. The molecule has 8 aromatic rings. The first-order valence-electron chi connectivity index (χ1n) is 26.8. The van der Waals surface area contributed by atoms with Crippen molar-refractivity contribution in [1.29, 1.82) is 0 Å². The number of hydrogen-bond acceptors (Lipinski definition) is 3. The normalized spacial score (nSPS) is 16.8. The van der Waals surface area contributed by atoms with Gasteiger partial charge >= 0.3 is 0 Å². The minimum atomic E-state index is -0.653. The zero-order valence-electron chi connectivity index (χ0n) is 45.4. The Morgan fingerprint density at radius 2 is 0.784 bits per heavy atom. The number of anilines is 6. The van der Waals surface area contributed by atoms with E-state index in [1.54, 1.807) is 0 Å². The first-order valence-corrected chi connectivity index (χ1v) is 26.8. The van der Waals surface area contributed by atoms with Crippen molar-refractivity contribution in [1.82, 2.24) is 0 Å². The minimum Gasteiger partial charge on any atom is -0.483 e. The second-order valence-corrected chi connectivity index (χ2v) is 25.4. The maximum atomic E-state index is 7.41. The van der Waals surface area contributed by atoms with E-state index in [1.807, 2.05) is 0 Å². The van der Waals surface area contributed by atoms with Crippen molar-refractivity contribution >= 4 is 34.1 Å². The minimum absolute atomic E-state index is 0.00609. The molecule has 3 aliphatic carbocycles. The molecule has 0 saturated heterocycles. The highest BCUT2D eigenvalue weighted by molar-refractivity contribution is 6.04. The summed E-state index contributed by atoms with van der Waals surface area (Å²) >= 11 is 0. The second-order valence-electron chi connectivity index (χ2n) is 25.4. The molecule has 8 aromatic carbocycles. The topological polar surface area (TPSA) is 15.7 Å². The summed E-state index contributed by atoms with van der Waals surface area (Å²) in [5.74, 6) is 0.999. The van der Waals surface area contributed by atoms with E-state index < -0.39 is 5.41 Å². The van der Waals surface area contributed by atoms with E-state index in [0.29, 0.717) is 0 Å². The third-order valence-electron chi connectivity index (χ3n) is 16.5. The van der Waals surface area contributed by atoms with E-state index in [1.165, 1.54) is 72.3 Å². The Hall–Kier alpha value is -7.36. The third-order valence-corrected chi connectivity index (χ3v) is 16.5. The lowest BCUT2D eigenvalue weighted by Crippen LogP contribution is -2.26. The molecule has 3 nitrogen and oxygen atoms in total. The van der Waals surface area contributed by atoms with Crippen LogP contribution in [0.25, 0.3) is 22.3 Å². The van der Waals surface area contributed by atoms with Gasteiger partial charge in [0.05, 0.1) is 11.1 Å². The fraction of sp³-hybridized carbons (Fsp3) is 0.268. The van der Waals surface area contributed by atoms with Gasteiger partial charge in [-0.15, -0.1) is 0 Å². The zero-order valence-corrected chi connectivity index (χ0v) is 45.4. The van der Waals surface area contributed by atoms with E-state index in [9.17, 15) is 0 Å². The predicted octanol–water partition coefficient (Wildman–Crippen LogP) is 19.1. The molecule has 74 heavy (non-hydrogen) atoms. The molecule has 0 bridgehead atoms. The summed E-state index contributed by atoms with van der Waals surface area (Å²) in [5, 5.41) is 0. The van der Waals surface area contributed by atoms with Crippen molar-refractivity contribution in [3.8, 4) is 28.0 Å². The molecule has 4 aliphatic rings. The van der Waals surface area contributed by atoms with Gasteiger partial charge in [-0.2, -0.15) is 0 Å². The lowest BCUT2D eigenvalue weighted by Gasteiger charge is -2.34. The number of allylic oxidation sites excluding steroid dienone is 2. The molecule has 0 fully saturated rings. The van der Waals surface area contributed by atoms with Crippen molar-refractivity contribution in [3.05, 3.63) is 244 Å².